The van der Waals surface area contributed by atoms with Crippen molar-refractivity contribution in [2.75, 3.05) is 58.9 Å². The van der Waals surface area contributed by atoms with Crippen LogP contribution in [0.5, 0.6) is 0 Å². The SMILES string of the molecule is CCCCN=C(NCCn1cnnc1CC)N1CCN(CC(=O)N2CCCC2)CC1. The van der Waals surface area contributed by atoms with Gasteiger partial charge in [0.1, 0.15) is 12.2 Å². The Kier molecular flexibility index (Phi) is 8.92. The summed E-state index contributed by atoms with van der Waals surface area (Å²) in [6.07, 6.45) is 7.22. The minimum Gasteiger partial charge on any atom is -0.354 e. The van der Waals surface area contributed by atoms with Crippen LogP contribution in [0.2, 0.25) is 0 Å². The molecule has 9 nitrogen and oxygen atoms in total. The van der Waals surface area contributed by atoms with Crippen molar-refractivity contribution in [3.8, 4) is 0 Å². The second-order valence-corrected chi connectivity index (χ2v) is 8.13. The first-order valence-corrected chi connectivity index (χ1v) is 11.6. The van der Waals surface area contributed by atoms with Gasteiger partial charge in [0.2, 0.25) is 5.91 Å². The second kappa shape index (κ2) is 11.9. The number of amides is 1. The molecule has 0 atom stereocenters. The van der Waals surface area contributed by atoms with Gasteiger partial charge in [0.15, 0.2) is 5.96 Å². The van der Waals surface area contributed by atoms with Gasteiger partial charge in [-0.05, 0) is 19.3 Å². The number of likely N-dealkylation sites (tertiary alicyclic amines) is 1. The Morgan fingerprint density at radius 1 is 1.10 bits per heavy atom. The van der Waals surface area contributed by atoms with Crippen LogP contribution < -0.4 is 5.32 Å². The monoisotopic (exact) mass is 418 g/mol. The van der Waals surface area contributed by atoms with Gasteiger partial charge >= 0.3 is 0 Å². The Labute approximate surface area is 180 Å². The molecule has 168 valence electrons. The van der Waals surface area contributed by atoms with Crippen LogP contribution in [0.4, 0.5) is 0 Å². The first-order valence-electron chi connectivity index (χ1n) is 11.6. The zero-order valence-corrected chi connectivity index (χ0v) is 18.7. The number of unbranched alkanes of at least 4 members (excludes halogenated alkanes) is 1. The van der Waals surface area contributed by atoms with Gasteiger partial charge in [-0.15, -0.1) is 10.2 Å². The molecule has 2 saturated heterocycles. The molecule has 1 amide bonds. The molecule has 0 unspecified atom stereocenters. The number of aromatic nitrogens is 3. The molecule has 0 spiro atoms. The molecule has 2 aliphatic heterocycles. The van der Waals surface area contributed by atoms with Crippen molar-refractivity contribution in [3.05, 3.63) is 12.2 Å². The number of piperazine rings is 1. The quantitative estimate of drug-likeness (QED) is 0.363. The number of aryl methyl sites for hydroxylation is 1. The highest BCUT2D eigenvalue weighted by Crippen LogP contribution is 2.09. The fourth-order valence-corrected chi connectivity index (χ4v) is 4.01. The van der Waals surface area contributed by atoms with E-state index in [-0.39, 0.29) is 5.91 Å². The van der Waals surface area contributed by atoms with Gasteiger partial charge in [-0.1, -0.05) is 20.3 Å². The summed E-state index contributed by atoms with van der Waals surface area (Å²) in [5.41, 5.74) is 0. The van der Waals surface area contributed by atoms with Crippen LogP contribution in [-0.4, -0.2) is 100 Å². The van der Waals surface area contributed by atoms with Gasteiger partial charge in [0, 0.05) is 65.3 Å². The lowest BCUT2D eigenvalue weighted by Crippen LogP contribution is -2.54. The summed E-state index contributed by atoms with van der Waals surface area (Å²) in [5, 5.41) is 11.7. The number of hydrogen-bond acceptors (Lipinski definition) is 5. The fraction of sp³-hybridized carbons (Fsp3) is 0.810. The van der Waals surface area contributed by atoms with E-state index in [1.165, 1.54) is 0 Å². The Bertz CT molecular complexity index is 674. The van der Waals surface area contributed by atoms with Crippen LogP contribution in [-0.2, 0) is 17.8 Å². The van der Waals surface area contributed by atoms with Gasteiger partial charge in [0.25, 0.3) is 0 Å². The number of nitrogens with zero attached hydrogens (tertiary/aromatic N) is 7. The van der Waals surface area contributed by atoms with Crippen LogP contribution in [0.15, 0.2) is 11.3 Å². The predicted octanol–water partition coefficient (Wildman–Crippen LogP) is 0.826. The number of guanidine groups is 1. The van der Waals surface area contributed by atoms with Crippen molar-refractivity contribution >= 4 is 11.9 Å². The summed E-state index contributed by atoms with van der Waals surface area (Å²) in [6.45, 7) is 12.8. The Hall–Kier alpha value is -2.16. The number of rotatable bonds is 9. The second-order valence-electron chi connectivity index (χ2n) is 8.13. The van der Waals surface area contributed by atoms with E-state index in [1.807, 2.05) is 4.90 Å². The Morgan fingerprint density at radius 2 is 1.87 bits per heavy atom. The maximum Gasteiger partial charge on any atom is 0.236 e. The molecule has 1 aromatic heterocycles. The molecule has 30 heavy (non-hydrogen) atoms. The summed E-state index contributed by atoms with van der Waals surface area (Å²) in [6, 6.07) is 0. The maximum atomic E-state index is 12.4. The topological polar surface area (TPSA) is 81.9 Å². The lowest BCUT2D eigenvalue weighted by atomic mass is 10.3. The molecule has 0 aliphatic carbocycles. The molecule has 2 fully saturated rings. The molecule has 1 N–H and O–H groups in total. The number of carbonyl (C=O) groups excluding carboxylic acids is 1. The van der Waals surface area contributed by atoms with E-state index in [0.717, 1.165) is 103 Å². The molecule has 3 heterocycles. The first kappa shape index (κ1) is 22.5. The third-order valence-electron chi connectivity index (χ3n) is 5.91. The van der Waals surface area contributed by atoms with Crippen LogP contribution in [0.3, 0.4) is 0 Å². The zero-order valence-electron chi connectivity index (χ0n) is 18.7. The molecular formula is C21H38N8O. The van der Waals surface area contributed by atoms with E-state index in [1.54, 1.807) is 6.33 Å². The first-order chi connectivity index (χ1) is 14.7. The summed E-state index contributed by atoms with van der Waals surface area (Å²) < 4.78 is 2.10. The Balaban J connectivity index is 1.47. The van der Waals surface area contributed by atoms with Crippen LogP contribution in [0, 0.1) is 0 Å². The Morgan fingerprint density at radius 3 is 2.57 bits per heavy atom. The summed E-state index contributed by atoms with van der Waals surface area (Å²) in [4.78, 5) is 23.9. The van der Waals surface area contributed by atoms with Crippen molar-refractivity contribution in [2.24, 2.45) is 4.99 Å². The van der Waals surface area contributed by atoms with E-state index in [0.29, 0.717) is 6.54 Å². The highest BCUT2D eigenvalue weighted by molar-refractivity contribution is 5.80. The van der Waals surface area contributed by atoms with Crippen LogP contribution in [0.25, 0.3) is 0 Å². The molecule has 3 rings (SSSR count). The molecule has 0 aromatic carbocycles. The molecule has 0 saturated carbocycles. The molecular weight excluding hydrogens is 380 g/mol. The minimum atomic E-state index is 0.289. The van der Waals surface area contributed by atoms with E-state index < -0.39 is 0 Å². The number of nitrogens with one attached hydrogen (secondary N) is 1. The smallest absolute Gasteiger partial charge is 0.236 e. The summed E-state index contributed by atoms with van der Waals surface area (Å²) >= 11 is 0. The highest BCUT2D eigenvalue weighted by atomic mass is 16.2. The largest absolute Gasteiger partial charge is 0.354 e. The number of hydrogen-bond donors (Lipinski definition) is 1. The minimum absolute atomic E-state index is 0.289. The average Bonchev–Trinajstić information content (AvgIpc) is 3.45. The van der Waals surface area contributed by atoms with E-state index in [2.05, 4.69) is 43.7 Å². The van der Waals surface area contributed by atoms with Gasteiger partial charge in [-0.3, -0.25) is 14.7 Å². The molecule has 2 aliphatic rings. The maximum absolute atomic E-state index is 12.4. The van der Waals surface area contributed by atoms with Gasteiger partial charge < -0.3 is 19.7 Å². The number of carbonyl (C=O) groups is 1. The van der Waals surface area contributed by atoms with Gasteiger partial charge in [-0.2, -0.15) is 0 Å². The van der Waals surface area contributed by atoms with Crippen LogP contribution in [0.1, 0.15) is 45.4 Å². The third-order valence-corrected chi connectivity index (χ3v) is 5.91. The van der Waals surface area contributed by atoms with E-state index >= 15 is 0 Å². The normalized spacial score (nSPS) is 18.3. The molecule has 0 radical (unpaired) electrons. The van der Waals surface area contributed by atoms with Crippen molar-refractivity contribution < 1.29 is 4.79 Å². The van der Waals surface area contributed by atoms with Crippen molar-refractivity contribution in [1.29, 1.82) is 0 Å². The van der Waals surface area contributed by atoms with Gasteiger partial charge in [0.05, 0.1) is 6.54 Å². The van der Waals surface area contributed by atoms with Gasteiger partial charge in [-0.25, -0.2) is 0 Å². The lowest BCUT2D eigenvalue weighted by Gasteiger charge is -2.36. The zero-order chi connectivity index (χ0) is 21.2. The number of aliphatic imine (C=N–C) groups is 1. The molecule has 9 heteroatoms. The van der Waals surface area contributed by atoms with Crippen molar-refractivity contribution in [2.45, 2.75) is 52.5 Å². The van der Waals surface area contributed by atoms with E-state index in [4.69, 9.17) is 4.99 Å². The fourth-order valence-electron chi connectivity index (χ4n) is 4.01. The third kappa shape index (κ3) is 6.42. The lowest BCUT2D eigenvalue weighted by molar-refractivity contribution is -0.131. The highest BCUT2D eigenvalue weighted by Gasteiger charge is 2.24. The summed E-state index contributed by atoms with van der Waals surface area (Å²) in [5.74, 6) is 2.29. The average molecular weight is 419 g/mol. The van der Waals surface area contributed by atoms with Crippen molar-refractivity contribution in [3.63, 3.8) is 0 Å². The predicted molar refractivity (Wildman–Crippen MR) is 118 cm³/mol. The standard InChI is InChI=1S/C21H38N8O/c1-3-5-8-22-21(23-9-12-29-18-24-25-19(29)4-2)28-15-13-26(14-16-28)17-20(30)27-10-6-7-11-27/h18H,3-17H2,1-2H3,(H,22,23). The van der Waals surface area contributed by atoms with E-state index in [9.17, 15) is 4.79 Å². The summed E-state index contributed by atoms with van der Waals surface area (Å²) in [7, 11) is 0. The van der Waals surface area contributed by atoms with Crippen molar-refractivity contribution in [1.82, 2.24) is 34.8 Å². The molecule has 1 aromatic rings. The van der Waals surface area contributed by atoms with Crippen LogP contribution >= 0.6 is 0 Å². The molecule has 0 bridgehead atoms.